The van der Waals surface area contributed by atoms with Gasteiger partial charge in [0.05, 0.1) is 11.2 Å². The maximum atomic E-state index is 13.9. The largest absolute Gasteiger partial charge is 0.494 e. The van der Waals surface area contributed by atoms with Gasteiger partial charge >= 0.3 is 7.12 Å². The second-order valence-corrected chi connectivity index (χ2v) is 6.11. The number of hydrogen-bond acceptors (Lipinski definition) is 5. The second-order valence-electron chi connectivity index (χ2n) is 6.11. The summed E-state index contributed by atoms with van der Waals surface area (Å²) in [4.78, 5) is 0. The zero-order valence-corrected chi connectivity index (χ0v) is 12.4. The van der Waals surface area contributed by atoms with Crippen molar-refractivity contribution in [2.24, 2.45) is 0 Å². The molecule has 0 spiro atoms. The van der Waals surface area contributed by atoms with E-state index in [1.807, 2.05) is 27.7 Å². The monoisotopic (exact) mass is 290 g/mol. The zero-order chi connectivity index (χ0) is 15.3. The Labute approximate surface area is 122 Å². The SMILES string of the molecule is CC1(C)OB(c2cc(F)cc(-c3nnco3)c2)OC1(C)C. The number of hydrogen-bond donors (Lipinski definition) is 0. The number of halogens is 1. The van der Waals surface area contributed by atoms with E-state index in [0.717, 1.165) is 0 Å². The third-order valence-electron chi connectivity index (χ3n) is 4.05. The van der Waals surface area contributed by atoms with Crippen LogP contribution < -0.4 is 5.46 Å². The van der Waals surface area contributed by atoms with Crippen LogP contribution in [-0.2, 0) is 9.31 Å². The van der Waals surface area contributed by atoms with Crippen LogP contribution in [0.2, 0.25) is 0 Å². The molecule has 1 aliphatic heterocycles. The minimum Gasteiger partial charge on any atom is -0.423 e. The second kappa shape index (κ2) is 4.64. The van der Waals surface area contributed by atoms with Crippen LogP contribution in [0.5, 0.6) is 0 Å². The quantitative estimate of drug-likeness (QED) is 0.793. The molecule has 0 N–H and O–H groups in total. The van der Waals surface area contributed by atoms with E-state index in [-0.39, 0.29) is 5.89 Å². The van der Waals surface area contributed by atoms with E-state index >= 15 is 0 Å². The van der Waals surface area contributed by atoms with Crippen molar-refractivity contribution in [3.05, 3.63) is 30.4 Å². The fourth-order valence-electron chi connectivity index (χ4n) is 2.15. The normalized spacial score (nSPS) is 20.0. The number of nitrogens with zero attached hydrogens (tertiary/aromatic N) is 2. The lowest BCUT2D eigenvalue weighted by atomic mass is 9.78. The first-order chi connectivity index (χ1) is 9.78. The Balaban J connectivity index is 1.97. The first kappa shape index (κ1) is 14.2. The first-order valence-corrected chi connectivity index (χ1v) is 6.71. The van der Waals surface area contributed by atoms with Gasteiger partial charge in [-0.25, -0.2) is 4.39 Å². The highest BCUT2D eigenvalue weighted by Gasteiger charge is 2.51. The third-order valence-corrected chi connectivity index (χ3v) is 4.05. The topological polar surface area (TPSA) is 57.4 Å². The summed E-state index contributed by atoms with van der Waals surface area (Å²) >= 11 is 0. The van der Waals surface area contributed by atoms with E-state index in [1.54, 1.807) is 6.07 Å². The van der Waals surface area contributed by atoms with Crippen molar-refractivity contribution in [3.63, 3.8) is 0 Å². The molecule has 21 heavy (non-hydrogen) atoms. The van der Waals surface area contributed by atoms with Crippen LogP contribution >= 0.6 is 0 Å². The molecule has 2 heterocycles. The van der Waals surface area contributed by atoms with Crippen molar-refractivity contribution >= 4 is 12.6 Å². The highest BCUT2D eigenvalue weighted by atomic mass is 19.1. The lowest BCUT2D eigenvalue weighted by Crippen LogP contribution is -2.41. The van der Waals surface area contributed by atoms with E-state index in [4.69, 9.17) is 13.7 Å². The molecular formula is C14H16BFN2O3. The summed E-state index contributed by atoms with van der Waals surface area (Å²) in [5, 5.41) is 7.39. The molecular weight excluding hydrogens is 274 g/mol. The van der Waals surface area contributed by atoms with Crippen LogP contribution in [-0.4, -0.2) is 28.5 Å². The number of rotatable bonds is 2. The summed E-state index contributed by atoms with van der Waals surface area (Å²) in [6, 6.07) is 4.46. The highest BCUT2D eigenvalue weighted by molar-refractivity contribution is 6.62. The van der Waals surface area contributed by atoms with E-state index in [1.165, 1.54) is 18.5 Å². The lowest BCUT2D eigenvalue weighted by Gasteiger charge is -2.32. The van der Waals surface area contributed by atoms with Crippen LogP contribution in [0.15, 0.2) is 29.0 Å². The lowest BCUT2D eigenvalue weighted by molar-refractivity contribution is 0.00578. The Bertz CT molecular complexity index is 642. The maximum Gasteiger partial charge on any atom is 0.494 e. The molecule has 0 bridgehead atoms. The highest BCUT2D eigenvalue weighted by Crippen LogP contribution is 2.36. The minimum absolute atomic E-state index is 0.257. The molecule has 1 saturated heterocycles. The van der Waals surface area contributed by atoms with E-state index in [0.29, 0.717) is 11.0 Å². The van der Waals surface area contributed by atoms with Gasteiger partial charge in [-0.3, -0.25) is 0 Å². The van der Waals surface area contributed by atoms with Crippen molar-refractivity contribution in [1.29, 1.82) is 0 Å². The van der Waals surface area contributed by atoms with Gasteiger partial charge in [0, 0.05) is 5.56 Å². The van der Waals surface area contributed by atoms with E-state index in [9.17, 15) is 4.39 Å². The van der Waals surface area contributed by atoms with Crippen LogP contribution in [0, 0.1) is 5.82 Å². The molecule has 3 rings (SSSR count). The Hall–Kier alpha value is -1.73. The summed E-state index contributed by atoms with van der Waals surface area (Å²) in [5.74, 6) is -0.150. The molecule has 110 valence electrons. The minimum atomic E-state index is -0.632. The zero-order valence-electron chi connectivity index (χ0n) is 12.4. The van der Waals surface area contributed by atoms with Gasteiger partial charge in [0.1, 0.15) is 5.82 Å². The predicted molar refractivity (Wildman–Crippen MR) is 75.4 cm³/mol. The summed E-state index contributed by atoms with van der Waals surface area (Å²) in [6.07, 6.45) is 1.20. The first-order valence-electron chi connectivity index (χ1n) is 6.71. The Morgan fingerprint density at radius 1 is 1.05 bits per heavy atom. The Morgan fingerprint density at radius 3 is 2.29 bits per heavy atom. The molecule has 5 nitrogen and oxygen atoms in total. The van der Waals surface area contributed by atoms with Gasteiger partial charge in [0.15, 0.2) is 0 Å². The third kappa shape index (κ3) is 2.47. The van der Waals surface area contributed by atoms with Crippen LogP contribution in [0.1, 0.15) is 27.7 Å². The molecule has 1 fully saturated rings. The molecule has 1 aromatic carbocycles. The Kier molecular flexibility index (Phi) is 3.14. The molecule has 1 aromatic heterocycles. The molecule has 0 saturated carbocycles. The van der Waals surface area contributed by atoms with Crippen LogP contribution in [0.3, 0.4) is 0 Å². The van der Waals surface area contributed by atoms with Gasteiger partial charge in [-0.05, 0) is 51.4 Å². The van der Waals surface area contributed by atoms with Gasteiger partial charge in [0.2, 0.25) is 12.3 Å². The fraction of sp³-hybridized carbons (Fsp3) is 0.429. The fourth-order valence-corrected chi connectivity index (χ4v) is 2.15. The van der Waals surface area contributed by atoms with Crippen molar-refractivity contribution in [3.8, 4) is 11.5 Å². The molecule has 1 aliphatic rings. The van der Waals surface area contributed by atoms with Gasteiger partial charge in [-0.15, -0.1) is 10.2 Å². The number of aromatic nitrogens is 2. The summed E-state index contributed by atoms with van der Waals surface area (Å²) < 4.78 is 30.8. The van der Waals surface area contributed by atoms with Gasteiger partial charge < -0.3 is 13.7 Å². The Morgan fingerprint density at radius 2 is 1.71 bits per heavy atom. The van der Waals surface area contributed by atoms with Crippen molar-refractivity contribution in [1.82, 2.24) is 10.2 Å². The van der Waals surface area contributed by atoms with Crippen LogP contribution in [0.4, 0.5) is 4.39 Å². The molecule has 0 amide bonds. The van der Waals surface area contributed by atoms with E-state index < -0.39 is 24.1 Å². The molecule has 0 radical (unpaired) electrons. The predicted octanol–water partition coefficient (Wildman–Crippen LogP) is 2.17. The molecule has 2 aromatic rings. The standard InChI is InChI=1S/C14H16BFN2O3/c1-13(2)14(3,4)21-15(20-13)10-5-9(6-11(16)7-10)12-18-17-8-19-12/h5-8H,1-4H3. The van der Waals surface area contributed by atoms with E-state index in [2.05, 4.69) is 10.2 Å². The van der Waals surface area contributed by atoms with Crippen molar-refractivity contribution in [2.75, 3.05) is 0 Å². The van der Waals surface area contributed by atoms with Gasteiger partial charge in [-0.1, -0.05) is 0 Å². The average Bonchev–Trinajstić information content (AvgIpc) is 2.96. The average molecular weight is 290 g/mol. The van der Waals surface area contributed by atoms with Gasteiger partial charge in [-0.2, -0.15) is 0 Å². The molecule has 7 heteroatoms. The molecule has 0 atom stereocenters. The van der Waals surface area contributed by atoms with Crippen LogP contribution in [0.25, 0.3) is 11.5 Å². The smallest absolute Gasteiger partial charge is 0.423 e. The maximum absolute atomic E-state index is 13.9. The summed E-state index contributed by atoms with van der Waals surface area (Å²) in [7, 11) is -0.632. The summed E-state index contributed by atoms with van der Waals surface area (Å²) in [5.41, 5.74) is 0.127. The van der Waals surface area contributed by atoms with Gasteiger partial charge in [0.25, 0.3) is 0 Å². The van der Waals surface area contributed by atoms with Crippen molar-refractivity contribution < 1.29 is 18.1 Å². The number of benzene rings is 1. The van der Waals surface area contributed by atoms with Crippen molar-refractivity contribution in [2.45, 2.75) is 38.9 Å². The molecule has 0 aliphatic carbocycles. The summed E-state index contributed by atoms with van der Waals surface area (Å²) in [6.45, 7) is 7.80. The molecule has 0 unspecified atom stereocenters.